The van der Waals surface area contributed by atoms with E-state index in [1.807, 2.05) is 12.1 Å². The first-order valence-electron chi connectivity index (χ1n) is 7.75. The third-order valence-corrected chi connectivity index (χ3v) is 3.56. The van der Waals surface area contributed by atoms with E-state index in [0.29, 0.717) is 11.3 Å². The molecule has 25 heavy (non-hydrogen) atoms. The molecule has 0 aliphatic carbocycles. The van der Waals surface area contributed by atoms with E-state index in [-0.39, 0.29) is 18.8 Å². The molecule has 2 aromatic heterocycles. The highest BCUT2D eigenvalue weighted by molar-refractivity contribution is 6.07. The van der Waals surface area contributed by atoms with Crippen LogP contribution in [0.2, 0.25) is 0 Å². The largest absolute Gasteiger partial charge is 0.465 e. The van der Waals surface area contributed by atoms with Crippen LogP contribution in [0.5, 0.6) is 0 Å². The number of aromatic nitrogens is 2. The Kier molecular flexibility index (Phi) is 4.74. The molecule has 0 saturated heterocycles. The van der Waals surface area contributed by atoms with E-state index < -0.39 is 17.7 Å². The molecule has 7 heteroatoms. The molecule has 3 aromatic rings. The second-order valence-electron chi connectivity index (χ2n) is 5.26. The van der Waals surface area contributed by atoms with Gasteiger partial charge in [0.05, 0.1) is 6.61 Å². The van der Waals surface area contributed by atoms with Crippen LogP contribution in [0.3, 0.4) is 0 Å². The Morgan fingerprint density at radius 2 is 1.96 bits per heavy atom. The summed E-state index contributed by atoms with van der Waals surface area (Å²) in [6.45, 7) is 1.61. The summed E-state index contributed by atoms with van der Waals surface area (Å²) in [4.78, 5) is 30.3. The number of carbonyl (C=O) groups is 2. The van der Waals surface area contributed by atoms with Gasteiger partial charge in [0.1, 0.15) is 23.7 Å². The first-order valence-corrected chi connectivity index (χ1v) is 7.75. The molecule has 1 amide bonds. The molecule has 0 aliphatic heterocycles. The smallest absolute Gasteiger partial charge is 0.326 e. The number of hydrogen-bond acceptors (Lipinski definition) is 4. The molecule has 0 saturated carbocycles. The number of amides is 1. The fraction of sp³-hybridized carbons (Fsp3) is 0.167. The molecule has 0 radical (unpaired) electrons. The van der Waals surface area contributed by atoms with Crippen molar-refractivity contribution in [2.75, 3.05) is 18.1 Å². The lowest BCUT2D eigenvalue weighted by atomic mass is 10.2. The first kappa shape index (κ1) is 16.6. The summed E-state index contributed by atoms with van der Waals surface area (Å²) in [7, 11) is 0. The summed E-state index contributed by atoms with van der Waals surface area (Å²) < 4.78 is 19.8. The average molecular weight is 341 g/mol. The van der Waals surface area contributed by atoms with Crippen molar-refractivity contribution in [1.29, 1.82) is 0 Å². The van der Waals surface area contributed by atoms with E-state index in [1.54, 1.807) is 29.8 Å². The lowest BCUT2D eigenvalue weighted by Crippen LogP contribution is -2.36. The van der Waals surface area contributed by atoms with Crippen molar-refractivity contribution in [3.8, 4) is 0 Å². The summed E-state index contributed by atoms with van der Waals surface area (Å²) in [6.07, 6.45) is 3.35. The van der Waals surface area contributed by atoms with Gasteiger partial charge in [0.15, 0.2) is 0 Å². The van der Waals surface area contributed by atoms with Gasteiger partial charge in [-0.3, -0.25) is 14.5 Å². The molecule has 0 aliphatic rings. The van der Waals surface area contributed by atoms with Gasteiger partial charge in [-0.25, -0.2) is 9.37 Å². The Bertz CT molecular complexity index is 872. The molecule has 1 aromatic carbocycles. The lowest BCUT2D eigenvalue weighted by Gasteiger charge is -2.20. The number of anilines is 1. The number of pyridine rings is 1. The van der Waals surface area contributed by atoms with Crippen molar-refractivity contribution >= 4 is 23.2 Å². The first-order chi connectivity index (χ1) is 12.1. The average Bonchev–Trinajstić information content (AvgIpc) is 3.04. The second kappa shape index (κ2) is 7.12. The summed E-state index contributed by atoms with van der Waals surface area (Å²) >= 11 is 0. The van der Waals surface area contributed by atoms with Crippen molar-refractivity contribution in [3.05, 3.63) is 66.4 Å². The van der Waals surface area contributed by atoms with Crippen LogP contribution in [0.1, 0.15) is 17.4 Å². The van der Waals surface area contributed by atoms with Crippen molar-refractivity contribution in [3.63, 3.8) is 0 Å². The van der Waals surface area contributed by atoms with Gasteiger partial charge in [-0.15, -0.1) is 0 Å². The molecule has 6 nitrogen and oxygen atoms in total. The van der Waals surface area contributed by atoms with Gasteiger partial charge < -0.3 is 9.14 Å². The normalized spacial score (nSPS) is 10.6. The number of nitrogens with zero attached hydrogens (tertiary/aromatic N) is 3. The Labute approximate surface area is 143 Å². The standard InChI is InChI=1S/C18H16FN3O3/c1-2-25-17(23)12-22(14-8-6-13(19)7-9-14)18(24)15-11-21-10-4-3-5-16(21)20-15/h3-11H,2,12H2,1H3. The van der Waals surface area contributed by atoms with Gasteiger partial charge in [-0.1, -0.05) is 6.07 Å². The van der Waals surface area contributed by atoms with Gasteiger partial charge in [0.25, 0.3) is 5.91 Å². The molecule has 0 N–H and O–H groups in total. The van der Waals surface area contributed by atoms with Crippen molar-refractivity contribution in [2.45, 2.75) is 6.92 Å². The minimum absolute atomic E-state index is 0.180. The summed E-state index contributed by atoms with van der Waals surface area (Å²) in [6, 6.07) is 10.7. The Morgan fingerprint density at radius 3 is 2.64 bits per heavy atom. The maximum atomic E-state index is 13.2. The van der Waals surface area contributed by atoms with Crippen molar-refractivity contribution in [2.24, 2.45) is 0 Å². The number of rotatable bonds is 5. The Morgan fingerprint density at radius 1 is 1.20 bits per heavy atom. The number of carbonyl (C=O) groups excluding carboxylic acids is 2. The highest BCUT2D eigenvalue weighted by Gasteiger charge is 2.23. The number of imidazole rings is 1. The topological polar surface area (TPSA) is 63.9 Å². The van der Waals surface area contributed by atoms with Crippen LogP contribution in [0.4, 0.5) is 10.1 Å². The van der Waals surface area contributed by atoms with E-state index in [4.69, 9.17) is 4.74 Å². The number of benzene rings is 1. The fourth-order valence-corrected chi connectivity index (χ4v) is 2.41. The molecule has 0 atom stereocenters. The zero-order chi connectivity index (χ0) is 17.8. The molecular formula is C18H16FN3O3. The highest BCUT2D eigenvalue weighted by atomic mass is 19.1. The quantitative estimate of drug-likeness (QED) is 0.669. The maximum absolute atomic E-state index is 13.2. The lowest BCUT2D eigenvalue weighted by molar-refractivity contribution is -0.141. The van der Waals surface area contributed by atoms with Gasteiger partial charge in [-0.05, 0) is 43.3 Å². The fourth-order valence-electron chi connectivity index (χ4n) is 2.41. The molecule has 0 bridgehead atoms. The Balaban J connectivity index is 1.95. The van der Waals surface area contributed by atoms with Crippen LogP contribution in [0.25, 0.3) is 5.65 Å². The predicted octanol–water partition coefficient (Wildman–Crippen LogP) is 2.68. The minimum Gasteiger partial charge on any atom is -0.465 e. The predicted molar refractivity (Wildman–Crippen MR) is 89.9 cm³/mol. The number of esters is 1. The molecule has 0 fully saturated rings. The molecule has 0 spiro atoms. The number of ether oxygens (including phenoxy) is 1. The molecular weight excluding hydrogens is 325 g/mol. The summed E-state index contributed by atoms with van der Waals surface area (Å²) in [5.74, 6) is -1.45. The second-order valence-corrected chi connectivity index (χ2v) is 5.26. The number of hydrogen-bond donors (Lipinski definition) is 0. The van der Waals surface area contributed by atoms with Gasteiger partial charge >= 0.3 is 5.97 Å². The zero-order valence-corrected chi connectivity index (χ0v) is 13.6. The van der Waals surface area contributed by atoms with Crippen LogP contribution in [-0.2, 0) is 9.53 Å². The number of halogens is 1. The zero-order valence-electron chi connectivity index (χ0n) is 13.6. The van der Waals surface area contributed by atoms with Gasteiger partial charge in [0, 0.05) is 18.1 Å². The van der Waals surface area contributed by atoms with Crippen LogP contribution >= 0.6 is 0 Å². The molecule has 2 heterocycles. The number of fused-ring (bicyclic) bond motifs is 1. The van der Waals surface area contributed by atoms with E-state index >= 15 is 0 Å². The van der Waals surface area contributed by atoms with Crippen molar-refractivity contribution < 1.29 is 18.7 Å². The Hall–Kier alpha value is -3.22. The van der Waals surface area contributed by atoms with Gasteiger partial charge in [-0.2, -0.15) is 0 Å². The molecule has 128 valence electrons. The van der Waals surface area contributed by atoms with Crippen LogP contribution < -0.4 is 4.90 Å². The van der Waals surface area contributed by atoms with E-state index in [1.165, 1.54) is 29.2 Å². The maximum Gasteiger partial charge on any atom is 0.326 e. The molecule has 0 unspecified atom stereocenters. The summed E-state index contributed by atoms with van der Waals surface area (Å²) in [5.41, 5.74) is 1.18. The van der Waals surface area contributed by atoms with Gasteiger partial charge in [0.2, 0.25) is 0 Å². The van der Waals surface area contributed by atoms with E-state index in [0.717, 1.165) is 0 Å². The van der Waals surface area contributed by atoms with E-state index in [2.05, 4.69) is 4.98 Å². The van der Waals surface area contributed by atoms with Crippen molar-refractivity contribution in [1.82, 2.24) is 9.38 Å². The summed E-state index contributed by atoms with van der Waals surface area (Å²) in [5, 5.41) is 0. The van der Waals surface area contributed by atoms with Crippen LogP contribution in [0, 0.1) is 5.82 Å². The highest BCUT2D eigenvalue weighted by Crippen LogP contribution is 2.18. The molecule has 3 rings (SSSR count). The van der Waals surface area contributed by atoms with E-state index in [9.17, 15) is 14.0 Å². The minimum atomic E-state index is -0.552. The monoisotopic (exact) mass is 341 g/mol. The van der Waals surface area contributed by atoms with Crippen LogP contribution in [-0.4, -0.2) is 34.4 Å². The SMILES string of the molecule is CCOC(=O)CN(C(=O)c1cn2ccccc2n1)c1ccc(F)cc1. The van der Waals surface area contributed by atoms with Crippen LogP contribution in [0.15, 0.2) is 54.9 Å². The third kappa shape index (κ3) is 3.65. The third-order valence-electron chi connectivity index (χ3n) is 3.56.